The summed E-state index contributed by atoms with van der Waals surface area (Å²) in [4.78, 5) is 27.3. The number of carbonyl (C=O) groups excluding carboxylic acids is 1. The van der Waals surface area contributed by atoms with Crippen LogP contribution in [0.1, 0.15) is 25.8 Å². The molecule has 2 heterocycles. The highest BCUT2D eigenvalue weighted by atomic mass is 16.2. The third-order valence-corrected chi connectivity index (χ3v) is 3.69. The maximum Gasteiger partial charge on any atom is 0.278 e. The van der Waals surface area contributed by atoms with Gasteiger partial charge in [0.05, 0.1) is 5.39 Å². The molecule has 1 amide bonds. The van der Waals surface area contributed by atoms with Crippen LogP contribution in [0.3, 0.4) is 0 Å². The number of hydrogen-bond donors (Lipinski definition) is 1. The Morgan fingerprint density at radius 2 is 2.23 bits per heavy atom. The number of nitrogens with zero attached hydrogens (tertiary/aromatic N) is 6. The van der Waals surface area contributed by atoms with Crippen molar-refractivity contribution >= 4 is 22.5 Å². The van der Waals surface area contributed by atoms with E-state index in [1.165, 1.54) is 6.07 Å². The van der Waals surface area contributed by atoms with Crippen molar-refractivity contribution in [3.63, 3.8) is 0 Å². The number of rotatable bonds is 2. The van der Waals surface area contributed by atoms with Crippen molar-refractivity contribution in [2.45, 2.75) is 31.8 Å². The van der Waals surface area contributed by atoms with Crippen LogP contribution < -0.4 is 10.9 Å². The maximum atomic E-state index is 12.6. The van der Waals surface area contributed by atoms with Crippen LogP contribution in [-0.4, -0.2) is 26.9 Å². The van der Waals surface area contributed by atoms with Crippen molar-refractivity contribution in [2.24, 2.45) is 5.11 Å². The van der Waals surface area contributed by atoms with Crippen LogP contribution in [-0.2, 0) is 4.79 Å². The van der Waals surface area contributed by atoms with Crippen LogP contribution in [0.25, 0.3) is 21.3 Å². The minimum absolute atomic E-state index is 0.0874. The number of piperidine rings is 1. The summed E-state index contributed by atoms with van der Waals surface area (Å²) in [5.41, 5.74) is 8.76. The topological polar surface area (TPSA) is 126 Å². The molecule has 1 aliphatic heterocycles. The van der Waals surface area contributed by atoms with Crippen molar-refractivity contribution in [1.82, 2.24) is 20.3 Å². The Kier molecular flexibility index (Phi) is 3.48. The summed E-state index contributed by atoms with van der Waals surface area (Å²) >= 11 is 0. The second-order valence-corrected chi connectivity index (χ2v) is 5.23. The number of fused-ring (bicyclic) bond motifs is 1. The Hall–Kier alpha value is -2.93. The monoisotopic (exact) mass is 299 g/mol. The lowest BCUT2D eigenvalue weighted by molar-refractivity contribution is -0.127. The van der Waals surface area contributed by atoms with E-state index in [2.05, 4.69) is 25.7 Å². The second-order valence-electron chi connectivity index (χ2n) is 5.23. The van der Waals surface area contributed by atoms with E-state index in [1.807, 2.05) is 6.92 Å². The smallest absolute Gasteiger partial charge is 0.278 e. The van der Waals surface area contributed by atoms with Gasteiger partial charge in [-0.05, 0) is 37.4 Å². The molecule has 0 aliphatic carbocycles. The van der Waals surface area contributed by atoms with Gasteiger partial charge in [0.2, 0.25) is 5.91 Å². The van der Waals surface area contributed by atoms with Crippen LogP contribution >= 0.6 is 0 Å². The van der Waals surface area contributed by atoms with Gasteiger partial charge in [-0.3, -0.25) is 9.59 Å². The summed E-state index contributed by atoms with van der Waals surface area (Å²) in [6.07, 6.45) is 1.30. The summed E-state index contributed by atoms with van der Waals surface area (Å²) < 4.78 is 1.10. The fourth-order valence-electron chi connectivity index (χ4n) is 2.54. The third-order valence-electron chi connectivity index (χ3n) is 3.69. The van der Waals surface area contributed by atoms with E-state index in [-0.39, 0.29) is 17.3 Å². The highest BCUT2D eigenvalue weighted by Gasteiger charge is 2.29. The Balaban J connectivity index is 2.11. The van der Waals surface area contributed by atoms with Crippen LogP contribution in [0.15, 0.2) is 28.1 Å². The molecule has 22 heavy (non-hydrogen) atoms. The van der Waals surface area contributed by atoms with Gasteiger partial charge < -0.3 is 5.32 Å². The molecule has 112 valence electrons. The molecule has 1 N–H and O–H groups in total. The fourth-order valence-corrected chi connectivity index (χ4v) is 2.54. The van der Waals surface area contributed by atoms with Gasteiger partial charge >= 0.3 is 0 Å². The number of azide groups is 1. The Morgan fingerprint density at radius 1 is 1.41 bits per heavy atom. The van der Waals surface area contributed by atoms with Gasteiger partial charge in [-0.15, -0.1) is 5.10 Å². The van der Waals surface area contributed by atoms with E-state index in [4.69, 9.17) is 5.53 Å². The van der Waals surface area contributed by atoms with Gasteiger partial charge in [0.15, 0.2) is 0 Å². The lowest BCUT2D eigenvalue weighted by atomic mass is 10.0. The van der Waals surface area contributed by atoms with E-state index in [0.717, 1.165) is 11.1 Å². The minimum atomic E-state index is -0.663. The average Bonchev–Trinajstić information content (AvgIpc) is 2.49. The summed E-state index contributed by atoms with van der Waals surface area (Å²) in [5.74, 6) is -0.235. The maximum absolute atomic E-state index is 12.6. The zero-order valence-electron chi connectivity index (χ0n) is 11.8. The Morgan fingerprint density at radius 3 is 2.95 bits per heavy atom. The summed E-state index contributed by atoms with van der Waals surface area (Å²) in [6.45, 7) is 1.91. The number of amides is 1. The Labute approximate surface area is 124 Å². The standard InChI is InChI=1S/C13H13N7O2/c1-7-2-5-11(12(21)15-7)20-13(22)9-6-8(16-18-14)3-4-10(9)17-19-20/h3-4,6-7,11H,2,5H2,1H3,(H,15,21). The molecule has 9 heteroatoms. The first-order chi connectivity index (χ1) is 10.6. The quantitative estimate of drug-likeness (QED) is 0.513. The summed E-state index contributed by atoms with van der Waals surface area (Å²) in [7, 11) is 0. The molecule has 2 unspecified atom stereocenters. The van der Waals surface area contributed by atoms with Crippen molar-refractivity contribution < 1.29 is 4.79 Å². The summed E-state index contributed by atoms with van der Waals surface area (Å²) in [5, 5.41) is 14.4. The van der Waals surface area contributed by atoms with Crippen molar-refractivity contribution in [3.8, 4) is 0 Å². The zero-order chi connectivity index (χ0) is 15.7. The predicted molar refractivity (Wildman–Crippen MR) is 78.5 cm³/mol. The molecule has 2 atom stereocenters. The molecule has 3 rings (SSSR count). The SMILES string of the molecule is CC1CCC(n2nnc3ccc(N=[N+]=[N-])cc3c2=O)C(=O)N1. The first kappa shape index (κ1) is 14.0. The molecule has 9 nitrogen and oxygen atoms in total. The number of hydrogen-bond acceptors (Lipinski definition) is 5. The Bertz CT molecular complexity index is 853. The van der Waals surface area contributed by atoms with Gasteiger partial charge in [0.25, 0.3) is 5.56 Å². The molecule has 1 aromatic carbocycles. The van der Waals surface area contributed by atoms with Crippen molar-refractivity contribution in [1.29, 1.82) is 0 Å². The van der Waals surface area contributed by atoms with Crippen LogP contribution in [0.4, 0.5) is 5.69 Å². The van der Waals surface area contributed by atoms with E-state index in [1.54, 1.807) is 12.1 Å². The second kappa shape index (κ2) is 5.45. The van der Waals surface area contributed by atoms with Gasteiger partial charge in [0.1, 0.15) is 11.6 Å². The lowest BCUT2D eigenvalue weighted by Gasteiger charge is -2.26. The fraction of sp³-hybridized carbons (Fsp3) is 0.385. The highest BCUT2D eigenvalue weighted by molar-refractivity contribution is 5.83. The highest BCUT2D eigenvalue weighted by Crippen LogP contribution is 2.20. The molecule has 1 saturated heterocycles. The molecule has 1 aliphatic rings. The number of aromatic nitrogens is 3. The van der Waals surface area contributed by atoms with E-state index < -0.39 is 11.6 Å². The van der Waals surface area contributed by atoms with E-state index in [9.17, 15) is 9.59 Å². The lowest BCUT2D eigenvalue weighted by Crippen LogP contribution is -2.46. The van der Waals surface area contributed by atoms with Crippen LogP contribution in [0.5, 0.6) is 0 Å². The van der Waals surface area contributed by atoms with Crippen LogP contribution in [0.2, 0.25) is 0 Å². The third kappa shape index (κ3) is 2.38. The predicted octanol–water partition coefficient (Wildman–Crippen LogP) is 1.57. The first-order valence-corrected chi connectivity index (χ1v) is 6.85. The molecular formula is C13H13N7O2. The van der Waals surface area contributed by atoms with E-state index >= 15 is 0 Å². The molecule has 2 aromatic rings. The summed E-state index contributed by atoms with van der Waals surface area (Å²) in [6, 6.07) is 3.98. The molecule has 1 fully saturated rings. The van der Waals surface area contributed by atoms with Crippen molar-refractivity contribution in [2.75, 3.05) is 0 Å². The van der Waals surface area contributed by atoms with Gasteiger partial charge in [0, 0.05) is 16.6 Å². The number of benzene rings is 1. The van der Waals surface area contributed by atoms with Crippen LogP contribution in [0, 0.1) is 0 Å². The molecule has 1 aromatic heterocycles. The molecule has 0 radical (unpaired) electrons. The minimum Gasteiger partial charge on any atom is -0.352 e. The van der Waals surface area contributed by atoms with Gasteiger partial charge in [-0.2, -0.15) is 4.68 Å². The van der Waals surface area contributed by atoms with Gasteiger partial charge in [-0.1, -0.05) is 16.4 Å². The number of carbonyl (C=O) groups is 1. The normalized spacial score (nSPS) is 21.2. The molecule has 0 spiro atoms. The largest absolute Gasteiger partial charge is 0.352 e. The molecular weight excluding hydrogens is 286 g/mol. The molecule has 0 bridgehead atoms. The molecule has 0 saturated carbocycles. The van der Waals surface area contributed by atoms with Crippen molar-refractivity contribution in [3.05, 3.63) is 39.0 Å². The first-order valence-electron chi connectivity index (χ1n) is 6.85. The van der Waals surface area contributed by atoms with Gasteiger partial charge in [-0.25, -0.2) is 0 Å². The average molecular weight is 299 g/mol. The van der Waals surface area contributed by atoms with E-state index in [0.29, 0.717) is 17.6 Å². The number of nitrogens with one attached hydrogen (secondary N) is 1. The zero-order valence-corrected chi connectivity index (χ0v) is 11.8.